The van der Waals surface area contributed by atoms with Crippen LogP contribution in [0.2, 0.25) is 0 Å². The van der Waals surface area contributed by atoms with E-state index in [1.807, 2.05) is 30.0 Å². The quantitative estimate of drug-likeness (QED) is 0.631. The van der Waals surface area contributed by atoms with Crippen LogP contribution in [-0.4, -0.2) is 60.6 Å². The van der Waals surface area contributed by atoms with Gasteiger partial charge in [0.2, 0.25) is 0 Å². The summed E-state index contributed by atoms with van der Waals surface area (Å²) in [5.41, 5.74) is 4.25. The Kier molecular flexibility index (Phi) is 7.08. The van der Waals surface area contributed by atoms with Gasteiger partial charge >= 0.3 is 0 Å². The summed E-state index contributed by atoms with van der Waals surface area (Å²) in [6.45, 7) is 7.51. The summed E-state index contributed by atoms with van der Waals surface area (Å²) in [7, 11) is 3.30. The number of methoxy groups -OCH3 is 2. The fourth-order valence-corrected chi connectivity index (χ4v) is 4.73. The van der Waals surface area contributed by atoms with Gasteiger partial charge in [0, 0.05) is 48.1 Å². The van der Waals surface area contributed by atoms with E-state index in [0.29, 0.717) is 6.54 Å². The first kappa shape index (κ1) is 20.8. The monoisotopic (exact) mass is 402 g/mol. The molecular formula is C22H30N2O3S. The number of carbonyl (C=O) groups excluding carboxylic acids is 1. The molecule has 3 rings (SSSR count). The molecule has 1 saturated heterocycles. The number of Topliss-reactive ketones (excluding diaryl/α,β-unsaturated/α-hetero) is 1. The number of thioether (sulfide) groups is 1. The number of nitrogens with zero attached hydrogens (tertiary/aromatic N) is 2. The maximum atomic E-state index is 12.8. The van der Waals surface area contributed by atoms with Crippen LogP contribution in [0.5, 0.6) is 11.5 Å². The van der Waals surface area contributed by atoms with Gasteiger partial charge in [0.15, 0.2) is 17.3 Å². The van der Waals surface area contributed by atoms with Gasteiger partial charge < -0.3 is 14.0 Å². The molecule has 1 aliphatic heterocycles. The molecule has 5 nitrogen and oxygen atoms in total. The summed E-state index contributed by atoms with van der Waals surface area (Å²) in [6, 6.07) is 8.07. The Morgan fingerprint density at radius 2 is 1.79 bits per heavy atom. The van der Waals surface area contributed by atoms with Crippen LogP contribution in [0.1, 0.15) is 27.3 Å². The van der Waals surface area contributed by atoms with Gasteiger partial charge in [0.05, 0.1) is 20.8 Å². The van der Waals surface area contributed by atoms with Crippen molar-refractivity contribution in [3.8, 4) is 11.5 Å². The molecule has 0 aliphatic carbocycles. The highest BCUT2D eigenvalue weighted by atomic mass is 32.2. The number of aromatic nitrogens is 1. The van der Waals surface area contributed by atoms with Crippen LogP contribution in [0.3, 0.4) is 0 Å². The lowest BCUT2D eigenvalue weighted by molar-refractivity contribution is 0.0936. The highest BCUT2D eigenvalue weighted by Crippen LogP contribution is 2.28. The van der Waals surface area contributed by atoms with Crippen LogP contribution in [-0.2, 0) is 13.0 Å². The third-order valence-corrected chi connectivity index (χ3v) is 6.36. The lowest BCUT2D eigenvalue weighted by atomic mass is 10.1. The Bertz CT molecular complexity index is 825. The average Bonchev–Trinajstić information content (AvgIpc) is 3.00. The summed E-state index contributed by atoms with van der Waals surface area (Å²) in [6.07, 6.45) is 0.869. The van der Waals surface area contributed by atoms with Crippen molar-refractivity contribution in [1.29, 1.82) is 0 Å². The molecule has 6 heteroatoms. The van der Waals surface area contributed by atoms with E-state index >= 15 is 0 Å². The molecule has 28 heavy (non-hydrogen) atoms. The highest BCUT2D eigenvalue weighted by Gasteiger charge is 2.20. The van der Waals surface area contributed by atoms with Gasteiger partial charge in [-0.2, -0.15) is 11.8 Å². The Balaban J connectivity index is 1.69. The molecule has 1 aromatic heterocycles. The summed E-state index contributed by atoms with van der Waals surface area (Å²) in [4.78, 5) is 15.1. The van der Waals surface area contributed by atoms with E-state index in [9.17, 15) is 4.79 Å². The first-order valence-electron chi connectivity index (χ1n) is 9.74. The summed E-state index contributed by atoms with van der Waals surface area (Å²) in [5, 5.41) is 0. The molecule has 0 unspecified atom stereocenters. The summed E-state index contributed by atoms with van der Waals surface area (Å²) < 4.78 is 13.0. The third-order valence-electron chi connectivity index (χ3n) is 5.42. The van der Waals surface area contributed by atoms with Crippen molar-refractivity contribution in [2.75, 3.05) is 45.4 Å². The van der Waals surface area contributed by atoms with E-state index in [-0.39, 0.29) is 5.78 Å². The maximum absolute atomic E-state index is 12.8. The average molecular weight is 403 g/mol. The van der Waals surface area contributed by atoms with E-state index < -0.39 is 0 Å². The third kappa shape index (κ3) is 4.73. The Labute approximate surface area is 172 Å². The molecule has 0 spiro atoms. The lowest BCUT2D eigenvalue weighted by Gasteiger charge is -2.25. The predicted octanol–water partition coefficient (Wildman–Crippen LogP) is 3.60. The van der Waals surface area contributed by atoms with Crippen molar-refractivity contribution >= 4 is 17.5 Å². The minimum atomic E-state index is 0.234. The molecule has 0 N–H and O–H groups in total. The van der Waals surface area contributed by atoms with Gasteiger partial charge in [-0.05, 0) is 44.0 Å². The van der Waals surface area contributed by atoms with E-state index in [1.165, 1.54) is 5.56 Å². The van der Waals surface area contributed by atoms with E-state index in [1.54, 1.807) is 14.2 Å². The minimum absolute atomic E-state index is 0.234. The molecule has 1 fully saturated rings. The molecule has 0 bridgehead atoms. The Morgan fingerprint density at radius 3 is 2.46 bits per heavy atom. The molecule has 1 aliphatic rings. The van der Waals surface area contributed by atoms with Crippen molar-refractivity contribution in [3.05, 3.63) is 46.8 Å². The zero-order valence-electron chi connectivity index (χ0n) is 17.3. The van der Waals surface area contributed by atoms with Crippen LogP contribution >= 0.6 is 11.8 Å². The standard InChI is InChI=1S/C22H30N2O3S/c1-16-13-19(20(25)15-23-9-11-28-12-10-23)17(2)24(16)8-7-18-5-6-21(26-3)22(14-18)27-4/h5-6,13-14H,7-12,15H2,1-4H3. The number of ketones is 1. The van der Waals surface area contributed by atoms with Crippen molar-refractivity contribution in [2.24, 2.45) is 0 Å². The van der Waals surface area contributed by atoms with Crippen LogP contribution < -0.4 is 9.47 Å². The van der Waals surface area contributed by atoms with Crippen molar-refractivity contribution in [2.45, 2.75) is 26.8 Å². The van der Waals surface area contributed by atoms with Gasteiger partial charge in [-0.15, -0.1) is 0 Å². The van der Waals surface area contributed by atoms with Crippen molar-refractivity contribution < 1.29 is 14.3 Å². The molecule has 152 valence electrons. The zero-order valence-corrected chi connectivity index (χ0v) is 18.1. The van der Waals surface area contributed by atoms with Gasteiger partial charge in [0.1, 0.15) is 0 Å². The van der Waals surface area contributed by atoms with Crippen molar-refractivity contribution in [3.63, 3.8) is 0 Å². The molecule has 2 aromatic rings. The van der Waals surface area contributed by atoms with Gasteiger partial charge in [-0.1, -0.05) is 6.07 Å². The topological polar surface area (TPSA) is 43.7 Å². The first-order chi connectivity index (χ1) is 13.5. The molecule has 2 heterocycles. The van der Waals surface area contributed by atoms with Gasteiger partial charge in [-0.3, -0.25) is 9.69 Å². The number of benzene rings is 1. The fourth-order valence-electron chi connectivity index (χ4n) is 3.75. The van der Waals surface area contributed by atoms with Crippen molar-refractivity contribution in [1.82, 2.24) is 9.47 Å². The summed E-state index contributed by atoms with van der Waals surface area (Å²) in [5.74, 6) is 3.97. The number of carbonyl (C=O) groups is 1. The number of hydrogen-bond donors (Lipinski definition) is 0. The summed E-state index contributed by atoms with van der Waals surface area (Å²) >= 11 is 1.97. The molecule has 0 saturated carbocycles. The molecule has 0 radical (unpaired) electrons. The van der Waals surface area contributed by atoms with Gasteiger partial charge in [0.25, 0.3) is 0 Å². The first-order valence-corrected chi connectivity index (χ1v) is 10.9. The second-order valence-corrected chi connectivity index (χ2v) is 8.41. The zero-order chi connectivity index (χ0) is 20.1. The number of rotatable bonds is 8. The molecular weight excluding hydrogens is 372 g/mol. The van der Waals surface area contributed by atoms with Crippen LogP contribution in [0.15, 0.2) is 24.3 Å². The number of ether oxygens (including phenoxy) is 2. The smallest absolute Gasteiger partial charge is 0.178 e. The van der Waals surface area contributed by atoms with Crippen LogP contribution in [0.25, 0.3) is 0 Å². The normalized spacial score (nSPS) is 14.9. The lowest BCUT2D eigenvalue weighted by Crippen LogP contribution is -2.36. The molecule has 0 atom stereocenters. The fraction of sp³-hybridized carbons (Fsp3) is 0.500. The Hall–Kier alpha value is -1.92. The van der Waals surface area contributed by atoms with E-state index in [0.717, 1.165) is 66.0 Å². The second kappa shape index (κ2) is 9.52. The SMILES string of the molecule is COc1ccc(CCn2c(C)cc(C(=O)CN3CCSCC3)c2C)cc1OC. The predicted molar refractivity (Wildman–Crippen MR) is 115 cm³/mol. The number of aryl methyl sites for hydroxylation is 2. The van der Waals surface area contributed by atoms with E-state index in [2.05, 4.69) is 29.4 Å². The van der Waals surface area contributed by atoms with Gasteiger partial charge in [-0.25, -0.2) is 0 Å². The second-order valence-electron chi connectivity index (χ2n) is 7.19. The highest BCUT2D eigenvalue weighted by molar-refractivity contribution is 7.99. The number of hydrogen-bond acceptors (Lipinski definition) is 5. The molecule has 0 amide bonds. The molecule has 1 aromatic carbocycles. The Morgan fingerprint density at radius 1 is 1.07 bits per heavy atom. The van der Waals surface area contributed by atoms with E-state index in [4.69, 9.17) is 9.47 Å². The maximum Gasteiger partial charge on any atom is 0.178 e. The largest absolute Gasteiger partial charge is 0.493 e. The van der Waals surface area contributed by atoms with Crippen LogP contribution in [0.4, 0.5) is 0 Å². The van der Waals surface area contributed by atoms with Crippen LogP contribution in [0, 0.1) is 13.8 Å². The minimum Gasteiger partial charge on any atom is -0.493 e.